The Bertz CT molecular complexity index is 674. The molecule has 1 aliphatic rings. The molecule has 0 aromatic heterocycles. The zero-order chi connectivity index (χ0) is 19.9. The Labute approximate surface area is 159 Å². The van der Waals surface area contributed by atoms with Crippen LogP contribution in [-0.4, -0.2) is 56.7 Å². The van der Waals surface area contributed by atoms with Gasteiger partial charge in [0.1, 0.15) is 6.10 Å². The number of ether oxygens (including phenoxy) is 1. The molecule has 0 radical (unpaired) electrons. The minimum atomic E-state index is -4.17. The highest BCUT2D eigenvalue weighted by atomic mass is 31.2. The van der Waals surface area contributed by atoms with Gasteiger partial charge in [-0.25, -0.2) is 4.57 Å². The van der Waals surface area contributed by atoms with Crippen molar-refractivity contribution < 1.29 is 36.9 Å². The first-order chi connectivity index (χ1) is 12.8. The maximum Gasteiger partial charge on any atom is 0.472 e. The minimum Gasteiger partial charge on any atom is -0.369 e. The molecule has 1 aromatic carbocycles. The molecule has 1 heterocycles. The zero-order valence-corrected chi connectivity index (χ0v) is 17.2. The molecule has 154 valence electrons. The Hall–Kier alpha value is -0.600. The number of hydrogen-bond donors (Lipinski definition) is 2. The van der Waals surface area contributed by atoms with Crippen molar-refractivity contribution in [3.63, 3.8) is 0 Å². The first-order valence-electron chi connectivity index (χ1n) is 8.56. The van der Waals surface area contributed by atoms with Crippen LogP contribution in [0.2, 0.25) is 0 Å². The normalized spacial score (nSPS) is 27.2. The quantitative estimate of drug-likeness (QED) is 0.516. The summed E-state index contributed by atoms with van der Waals surface area (Å²) in [6.45, 7) is -0.104. The summed E-state index contributed by atoms with van der Waals surface area (Å²) in [6.07, 6.45) is -0.443. The molecular formula is C16H27NO8P2. The predicted octanol–water partition coefficient (Wildman–Crippen LogP) is 2.33. The van der Waals surface area contributed by atoms with Gasteiger partial charge in [-0.05, 0) is 12.0 Å². The van der Waals surface area contributed by atoms with Crippen LogP contribution in [0.5, 0.6) is 0 Å². The van der Waals surface area contributed by atoms with E-state index in [4.69, 9.17) is 24.0 Å². The lowest BCUT2D eigenvalue weighted by Crippen LogP contribution is -2.29. The maximum absolute atomic E-state index is 12.7. The number of hydrogen-bond acceptors (Lipinski definition) is 8. The zero-order valence-electron chi connectivity index (χ0n) is 15.4. The Morgan fingerprint density at radius 1 is 1.22 bits per heavy atom. The second-order valence-electron chi connectivity index (χ2n) is 6.12. The van der Waals surface area contributed by atoms with E-state index in [9.17, 15) is 14.0 Å². The van der Waals surface area contributed by atoms with Crippen LogP contribution in [0.15, 0.2) is 30.3 Å². The van der Waals surface area contributed by atoms with Gasteiger partial charge in [-0.2, -0.15) is 0 Å². The van der Waals surface area contributed by atoms with Crippen LogP contribution in [-0.2, 0) is 38.4 Å². The molecule has 0 saturated carbocycles. The van der Waals surface area contributed by atoms with Gasteiger partial charge in [-0.3, -0.25) is 13.6 Å². The average Bonchev–Trinajstić information content (AvgIpc) is 3.02. The van der Waals surface area contributed by atoms with Crippen molar-refractivity contribution >= 4 is 15.4 Å². The van der Waals surface area contributed by atoms with Crippen LogP contribution >= 0.6 is 15.4 Å². The lowest BCUT2D eigenvalue weighted by atomic mass is 10.0. The van der Waals surface area contributed by atoms with Gasteiger partial charge in [-0.15, -0.1) is 0 Å². The van der Waals surface area contributed by atoms with Gasteiger partial charge in [-0.1, -0.05) is 30.3 Å². The second kappa shape index (κ2) is 10.3. The highest BCUT2D eigenvalue weighted by Gasteiger charge is 2.41. The molecule has 1 saturated heterocycles. The summed E-state index contributed by atoms with van der Waals surface area (Å²) in [5.74, 6) is 0. The van der Waals surface area contributed by atoms with E-state index >= 15 is 0 Å². The number of phosphoric acid groups is 1. The van der Waals surface area contributed by atoms with Gasteiger partial charge in [0.15, 0.2) is 0 Å². The Balaban J connectivity index is 2.08. The molecule has 0 amide bonds. The van der Waals surface area contributed by atoms with E-state index in [-0.39, 0.29) is 25.4 Å². The van der Waals surface area contributed by atoms with Gasteiger partial charge < -0.3 is 24.4 Å². The van der Waals surface area contributed by atoms with Crippen molar-refractivity contribution in [2.75, 3.05) is 33.5 Å². The molecule has 9 nitrogen and oxygen atoms in total. The summed E-state index contributed by atoms with van der Waals surface area (Å²) in [5.41, 5.74) is 6.56. The lowest BCUT2D eigenvalue weighted by Gasteiger charge is -2.24. The number of rotatable bonds is 11. The van der Waals surface area contributed by atoms with Crippen molar-refractivity contribution in [1.29, 1.82) is 0 Å². The van der Waals surface area contributed by atoms with Crippen molar-refractivity contribution in [2.45, 2.75) is 31.2 Å². The average molecular weight is 423 g/mol. The fourth-order valence-electron chi connectivity index (χ4n) is 2.84. The Kier molecular flexibility index (Phi) is 8.62. The molecular weight excluding hydrogens is 396 g/mol. The molecule has 2 rings (SSSR count). The Morgan fingerprint density at radius 2 is 1.93 bits per heavy atom. The SMILES string of the molecule is COP(=O)(O)OC[C@H]1O[C@@H](Cc2ccccc2)C[C@@H]1OP(=O)(CCN)OC. The fourth-order valence-corrected chi connectivity index (χ4v) is 4.60. The molecule has 3 N–H and O–H groups in total. The number of benzene rings is 1. The van der Waals surface area contributed by atoms with E-state index < -0.39 is 27.6 Å². The number of nitrogens with two attached hydrogens (primary N) is 1. The van der Waals surface area contributed by atoms with Crippen molar-refractivity contribution in [1.82, 2.24) is 0 Å². The molecule has 0 spiro atoms. The second-order valence-corrected chi connectivity index (χ2v) is 9.92. The third-order valence-electron chi connectivity index (χ3n) is 4.19. The standard InChI is InChI=1S/C16H27NO8P2/c1-21-26(18,9-8-17)25-15-11-14(10-13-6-4-3-5-7-13)24-16(15)12-23-27(19,20)22-2/h3-7,14-16H,8-12,17H2,1-2H3,(H,19,20)/t14-,15-,16+,26?/m0/s1. The monoisotopic (exact) mass is 423 g/mol. The topological polar surface area (TPSA) is 127 Å². The number of phosphoric ester groups is 1. The largest absolute Gasteiger partial charge is 0.472 e. The smallest absolute Gasteiger partial charge is 0.369 e. The summed E-state index contributed by atoms with van der Waals surface area (Å²) in [6, 6.07) is 9.74. The van der Waals surface area contributed by atoms with Crippen molar-refractivity contribution in [3.05, 3.63) is 35.9 Å². The summed E-state index contributed by atoms with van der Waals surface area (Å²) in [4.78, 5) is 9.45. The van der Waals surface area contributed by atoms with Crippen molar-refractivity contribution in [2.24, 2.45) is 5.73 Å². The third-order valence-corrected chi connectivity index (χ3v) is 7.08. The van der Waals surface area contributed by atoms with Crippen LogP contribution in [0.1, 0.15) is 12.0 Å². The lowest BCUT2D eigenvalue weighted by molar-refractivity contribution is -0.0188. The first kappa shape index (κ1) is 22.7. The summed E-state index contributed by atoms with van der Waals surface area (Å²) in [7, 11) is -5.19. The molecule has 1 aliphatic heterocycles. The Morgan fingerprint density at radius 3 is 2.52 bits per heavy atom. The van der Waals surface area contributed by atoms with E-state index in [2.05, 4.69) is 4.52 Å². The van der Waals surface area contributed by atoms with Gasteiger partial charge >= 0.3 is 15.4 Å². The third kappa shape index (κ3) is 7.06. The van der Waals surface area contributed by atoms with Crippen LogP contribution < -0.4 is 5.73 Å². The predicted molar refractivity (Wildman–Crippen MR) is 99.6 cm³/mol. The highest BCUT2D eigenvalue weighted by molar-refractivity contribution is 7.53. The summed E-state index contributed by atoms with van der Waals surface area (Å²) < 4.78 is 50.3. The van der Waals surface area contributed by atoms with Crippen LogP contribution in [0.25, 0.3) is 0 Å². The van der Waals surface area contributed by atoms with Crippen LogP contribution in [0.3, 0.4) is 0 Å². The van der Waals surface area contributed by atoms with E-state index in [0.717, 1.165) is 12.7 Å². The van der Waals surface area contributed by atoms with Crippen LogP contribution in [0.4, 0.5) is 0 Å². The van der Waals surface area contributed by atoms with E-state index in [0.29, 0.717) is 12.8 Å². The minimum absolute atomic E-state index is 0.0630. The molecule has 0 bridgehead atoms. The highest BCUT2D eigenvalue weighted by Crippen LogP contribution is 2.51. The molecule has 2 unspecified atom stereocenters. The molecule has 1 fully saturated rings. The van der Waals surface area contributed by atoms with Gasteiger partial charge in [0.2, 0.25) is 0 Å². The van der Waals surface area contributed by atoms with Gasteiger partial charge in [0.25, 0.3) is 0 Å². The van der Waals surface area contributed by atoms with Gasteiger partial charge in [0.05, 0.1) is 25.0 Å². The molecule has 1 aromatic rings. The van der Waals surface area contributed by atoms with E-state index in [1.54, 1.807) is 0 Å². The molecule has 27 heavy (non-hydrogen) atoms. The van der Waals surface area contributed by atoms with Crippen LogP contribution in [0, 0.1) is 0 Å². The molecule has 0 aliphatic carbocycles. The maximum atomic E-state index is 12.7. The molecule has 5 atom stereocenters. The first-order valence-corrected chi connectivity index (χ1v) is 11.8. The summed E-state index contributed by atoms with van der Waals surface area (Å²) >= 11 is 0. The fraction of sp³-hybridized carbons (Fsp3) is 0.625. The molecule has 11 heteroatoms. The van der Waals surface area contributed by atoms with Crippen molar-refractivity contribution in [3.8, 4) is 0 Å². The van der Waals surface area contributed by atoms with Gasteiger partial charge in [0, 0.05) is 27.2 Å². The van der Waals surface area contributed by atoms with E-state index in [1.807, 2.05) is 30.3 Å². The van der Waals surface area contributed by atoms with E-state index in [1.165, 1.54) is 7.11 Å². The summed E-state index contributed by atoms with van der Waals surface area (Å²) in [5, 5.41) is 0.